The molecule has 0 N–H and O–H groups in total. The summed E-state index contributed by atoms with van der Waals surface area (Å²) in [4.78, 5) is 0. The molecule has 0 aliphatic heterocycles. The number of allylic oxidation sites excluding steroid dienone is 6. The largest absolute Gasteiger partial charge is 0.103 e. The van der Waals surface area contributed by atoms with Crippen molar-refractivity contribution < 1.29 is 0 Å². The van der Waals surface area contributed by atoms with Crippen molar-refractivity contribution in [2.24, 2.45) is 0 Å². The summed E-state index contributed by atoms with van der Waals surface area (Å²) in [7, 11) is 0. The summed E-state index contributed by atoms with van der Waals surface area (Å²) in [6.45, 7) is 9.39. The van der Waals surface area contributed by atoms with Crippen molar-refractivity contribution in [3.05, 3.63) is 49.1 Å². The predicted molar refractivity (Wildman–Crippen MR) is 57.1 cm³/mol. The van der Waals surface area contributed by atoms with Gasteiger partial charge in [0.2, 0.25) is 0 Å². The number of hydrogen-bond donors (Lipinski definition) is 0. The molecular weight excluding hydrogens is 144 g/mol. The van der Waals surface area contributed by atoms with E-state index in [0.29, 0.717) is 0 Å². The molecule has 0 aromatic heterocycles. The lowest BCUT2D eigenvalue weighted by Gasteiger charge is -1.88. The molecule has 0 nitrogen and oxygen atoms in total. The van der Waals surface area contributed by atoms with Gasteiger partial charge in [-0.2, -0.15) is 0 Å². The van der Waals surface area contributed by atoms with Gasteiger partial charge in [0.05, 0.1) is 0 Å². The van der Waals surface area contributed by atoms with E-state index in [0.717, 1.165) is 12.8 Å². The maximum atomic E-state index is 3.67. The summed E-state index contributed by atoms with van der Waals surface area (Å²) in [5, 5.41) is 0. The molecule has 0 amide bonds. The van der Waals surface area contributed by atoms with Gasteiger partial charge in [-0.15, -0.1) is 6.58 Å². The Balaban J connectivity index is 3.49. The van der Waals surface area contributed by atoms with Gasteiger partial charge >= 0.3 is 0 Å². The average molecular weight is 162 g/mol. The molecule has 0 radical (unpaired) electrons. The molecule has 0 aliphatic rings. The van der Waals surface area contributed by atoms with Crippen molar-refractivity contribution in [1.29, 1.82) is 0 Å². The van der Waals surface area contributed by atoms with Crippen LogP contribution >= 0.6 is 0 Å². The van der Waals surface area contributed by atoms with Gasteiger partial charge in [0.15, 0.2) is 0 Å². The molecule has 0 heteroatoms. The van der Waals surface area contributed by atoms with Crippen LogP contribution in [0.2, 0.25) is 0 Å². The second kappa shape index (κ2) is 8.06. The molecule has 66 valence electrons. The van der Waals surface area contributed by atoms with Crippen LogP contribution in [0.4, 0.5) is 0 Å². The molecular formula is C12H18. The van der Waals surface area contributed by atoms with Crippen LogP contribution in [0.3, 0.4) is 0 Å². The Morgan fingerprint density at radius 1 is 1.25 bits per heavy atom. The van der Waals surface area contributed by atoms with Crippen LogP contribution in [0, 0.1) is 0 Å². The molecule has 0 unspecified atom stereocenters. The van der Waals surface area contributed by atoms with E-state index in [1.54, 1.807) is 0 Å². The minimum absolute atomic E-state index is 1.11. The highest BCUT2D eigenvalue weighted by molar-refractivity contribution is 5.19. The average Bonchev–Trinajstić information content (AvgIpc) is 2.10. The van der Waals surface area contributed by atoms with Gasteiger partial charge in [-0.25, -0.2) is 0 Å². The summed E-state index contributed by atoms with van der Waals surface area (Å²) in [5.74, 6) is 0. The van der Waals surface area contributed by atoms with Crippen LogP contribution < -0.4 is 0 Å². The fourth-order valence-electron chi connectivity index (χ4n) is 0.764. The topological polar surface area (TPSA) is 0 Å². The Labute approximate surface area is 76.0 Å². The molecule has 12 heavy (non-hydrogen) atoms. The first-order valence-corrected chi connectivity index (χ1v) is 4.38. The van der Waals surface area contributed by atoms with Crippen molar-refractivity contribution in [3.63, 3.8) is 0 Å². The third-order valence-corrected chi connectivity index (χ3v) is 1.60. The van der Waals surface area contributed by atoms with E-state index in [1.807, 2.05) is 19.1 Å². The molecule has 0 aromatic carbocycles. The molecule has 0 fully saturated rings. The van der Waals surface area contributed by atoms with Crippen LogP contribution in [-0.4, -0.2) is 0 Å². The van der Waals surface area contributed by atoms with Gasteiger partial charge in [-0.3, -0.25) is 0 Å². The zero-order chi connectivity index (χ0) is 9.23. The normalized spacial score (nSPS) is 11.9. The molecule has 0 saturated carbocycles. The van der Waals surface area contributed by atoms with Crippen molar-refractivity contribution in [2.45, 2.75) is 26.2 Å². The van der Waals surface area contributed by atoms with E-state index in [4.69, 9.17) is 0 Å². The fourth-order valence-corrected chi connectivity index (χ4v) is 0.764. The maximum Gasteiger partial charge on any atom is -0.0345 e. The Kier molecular flexibility index (Phi) is 7.36. The molecule has 0 rings (SSSR count). The van der Waals surface area contributed by atoms with Crippen LogP contribution in [-0.2, 0) is 0 Å². The number of hydrogen-bond acceptors (Lipinski definition) is 0. The van der Waals surface area contributed by atoms with Gasteiger partial charge < -0.3 is 0 Å². The maximum absolute atomic E-state index is 3.67. The second-order valence-corrected chi connectivity index (χ2v) is 2.76. The monoisotopic (exact) mass is 162 g/mol. The second-order valence-electron chi connectivity index (χ2n) is 2.76. The third-order valence-electron chi connectivity index (χ3n) is 1.60. The minimum Gasteiger partial charge on any atom is -0.103 e. The van der Waals surface area contributed by atoms with Crippen LogP contribution in [0.5, 0.6) is 0 Å². The Morgan fingerprint density at radius 2 is 2.00 bits per heavy atom. The Bertz CT molecular complexity index is 182. The van der Waals surface area contributed by atoms with Gasteiger partial charge in [0.1, 0.15) is 0 Å². The zero-order valence-electron chi connectivity index (χ0n) is 7.92. The standard InChI is InChI=1S/C12H18/c1-4-6-7-8-9-10-11-12(3)5-2/h4-5,9-11H,1-2,6-8H2,3H3/b10-9?,12-11-. The summed E-state index contributed by atoms with van der Waals surface area (Å²) < 4.78 is 0. The van der Waals surface area contributed by atoms with E-state index in [-0.39, 0.29) is 0 Å². The van der Waals surface area contributed by atoms with E-state index < -0.39 is 0 Å². The predicted octanol–water partition coefficient (Wildman–Crippen LogP) is 4.03. The molecule has 0 aliphatic carbocycles. The number of unbranched alkanes of at least 4 members (excludes halogenated alkanes) is 2. The lowest BCUT2D eigenvalue weighted by Crippen LogP contribution is -1.68. The smallest absolute Gasteiger partial charge is 0.0345 e. The fraction of sp³-hybridized carbons (Fsp3) is 0.333. The van der Waals surface area contributed by atoms with Crippen LogP contribution in [0.1, 0.15) is 26.2 Å². The third kappa shape index (κ3) is 7.07. The van der Waals surface area contributed by atoms with Crippen molar-refractivity contribution >= 4 is 0 Å². The summed E-state index contributed by atoms with van der Waals surface area (Å²) in [6.07, 6.45) is 13.6. The first-order chi connectivity index (χ1) is 5.81. The quantitative estimate of drug-likeness (QED) is 0.314. The number of rotatable bonds is 6. The molecule has 0 saturated heterocycles. The molecule has 0 heterocycles. The van der Waals surface area contributed by atoms with Crippen LogP contribution in [0.15, 0.2) is 49.1 Å². The molecule has 0 bridgehead atoms. The van der Waals surface area contributed by atoms with Gasteiger partial charge in [0, 0.05) is 0 Å². The Hall–Kier alpha value is -1.04. The first-order valence-electron chi connectivity index (χ1n) is 4.38. The zero-order valence-corrected chi connectivity index (χ0v) is 7.92. The van der Waals surface area contributed by atoms with E-state index in [1.165, 1.54) is 12.0 Å². The van der Waals surface area contributed by atoms with Gasteiger partial charge in [-0.05, 0) is 26.2 Å². The SMILES string of the molecule is C=CCCCC=C/C=C(/C)C=C. The van der Waals surface area contributed by atoms with E-state index in [9.17, 15) is 0 Å². The minimum atomic E-state index is 1.11. The molecule has 0 aromatic rings. The Morgan fingerprint density at radius 3 is 2.58 bits per heavy atom. The highest BCUT2D eigenvalue weighted by Crippen LogP contribution is 1.98. The van der Waals surface area contributed by atoms with Crippen molar-refractivity contribution in [3.8, 4) is 0 Å². The summed E-state index contributed by atoms with van der Waals surface area (Å²) >= 11 is 0. The van der Waals surface area contributed by atoms with E-state index in [2.05, 4.69) is 31.4 Å². The van der Waals surface area contributed by atoms with Gasteiger partial charge in [0.25, 0.3) is 0 Å². The highest BCUT2D eigenvalue weighted by atomic mass is 13.8. The van der Waals surface area contributed by atoms with Gasteiger partial charge in [-0.1, -0.05) is 42.5 Å². The van der Waals surface area contributed by atoms with Crippen molar-refractivity contribution in [2.75, 3.05) is 0 Å². The summed E-state index contributed by atoms with van der Waals surface area (Å²) in [5.41, 5.74) is 1.20. The first kappa shape index (κ1) is 11.0. The molecule has 0 spiro atoms. The lowest BCUT2D eigenvalue weighted by atomic mass is 10.2. The van der Waals surface area contributed by atoms with Crippen molar-refractivity contribution in [1.82, 2.24) is 0 Å². The molecule has 0 atom stereocenters. The highest BCUT2D eigenvalue weighted by Gasteiger charge is 1.78. The lowest BCUT2D eigenvalue weighted by molar-refractivity contribution is 0.870. The van der Waals surface area contributed by atoms with Crippen LogP contribution in [0.25, 0.3) is 0 Å². The van der Waals surface area contributed by atoms with E-state index >= 15 is 0 Å². The summed E-state index contributed by atoms with van der Waals surface area (Å²) in [6, 6.07) is 0.